The van der Waals surface area contributed by atoms with E-state index in [0.29, 0.717) is 23.8 Å². The third kappa shape index (κ3) is 2.83. The van der Waals surface area contributed by atoms with Gasteiger partial charge in [0.25, 0.3) is 0 Å². The lowest BCUT2D eigenvalue weighted by molar-refractivity contribution is -0.122. The molecule has 3 aliphatic heterocycles. The van der Waals surface area contributed by atoms with Gasteiger partial charge in [0.05, 0.1) is 0 Å². The maximum absolute atomic E-state index is 14.4. The molecule has 3 aliphatic rings. The Balaban J connectivity index is 1.48. The zero-order chi connectivity index (χ0) is 23.6. The molecule has 6 heteroatoms. The summed E-state index contributed by atoms with van der Waals surface area (Å²) in [6.07, 6.45) is 3.17. The van der Waals surface area contributed by atoms with E-state index < -0.39 is 5.41 Å². The van der Waals surface area contributed by atoms with Crippen molar-refractivity contribution in [3.05, 3.63) is 71.1 Å². The van der Waals surface area contributed by atoms with Crippen molar-refractivity contribution in [3.8, 4) is 28.4 Å². The van der Waals surface area contributed by atoms with Crippen molar-refractivity contribution >= 4 is 33.0 Å². The van der Waals surface area contributed by atoms with E-state index in [4.69, 9.17) is 14.2 Å². The average Bonchev–Trinajstić information content (AvgIpc) is 3.65. The smallest absolute Gasteiger partial charge is 0.245 e. The van der Waals surface area contributed by atoms with Crippen LogP contribution in [0.25, 0.3) is 21.2 Å². The molecule has 0 radical (unpaired) electrons. The Bertz CT molecular complexity index is 1490. The number of hydrogen-bond donors (Lipinski definition) is 0. The van der Waals surface area contributed by atoms with Gasteiger partial charge >= 0.3 is 0 Å². The van der Waals surface area contributed by atoms with Crippen LogP contribution in [-0.4, -0.2) is 25.9 Å². The summed E-state index contributed by atoms with van der Waals surface area (Å²) in [5.74, 6) is 2.14. The third-order valence-corrected chi connectivity index (χ3v) is 8.47. The summed E-state index contributed by atoms with van der Waals surface area (Å²) in [5.41, 5.74) is 4.27. The normalized spacial score (nSPS) is 19.5. The van der Waals surface area contributed by atoms with Crippen molar-refractivity contribution in [3.63, 3.8) is 0 Å². The maximum atomic E-state index is 14.4. The van der Waals surface area contributed by atoms with Crippen molar-refractivity contribution in [2.75, 3.05) is 24.8 Å². The van der Waals surface area contributed by atoms with Crippen LogP contribution in [0.4, 0.5) is 5.69 Å². The number of amides is 1. The monoisotopic (exact) mass is 483 g/mol. The predicted octanol–water partition coefficient (Wildman–Crippen LogP) is 6.51. The molecule has 1 unspecified atom stereocenters. The van der Waals surface area contributed by atoms with E-state index in [9.17, 15) is 4.79 Å². The van der Waals surface area contributed by atoms with E-state index >= 15 is 0 Å². The van der Waals surface area contributed by atoms with Gasteiger partial charge in [-0.25, -0.2) is 0 Å². The third-order valence-electron chi connectivity index (χ3n) is 7.51. The number of fused-ring (bicyclic) bond motifs is 6. The van der Waals surface area contributed by atoms with Crippen LogP contribution >= 0.6 is 11.3 Å². The second-order valence-electron chi connectivity index (χ2n) is 9.40. The first kappa shape index (κ1) is 20.8. The molecule has 1 amide bonds. The van der Waals surface area contributed by atoms with Crippen LogP contribution in [0.15, 0.2) is 60.0 Å². The standard InChI is InChI=1S/C29H25NO4S/c1-2-3-6-12-30-22-10-7-9-19(20-15-35-26-11-5-4-8-18(20)26)27(22)29(28(30)31)16-32-23-14-25-24(13-21(23)29)33-17-34-25/h4-5,7-11,13-15H,2-3,6,12,16-17H2,1H3. The van der Waals surface area contributed by atoms with Crippen LogP contribution in [0.1, 0.15) is 37.3 Å². The van der Waals surface area contributed by atoms with Crippen molar-refractivity contribution in [1.29, 1.82) is 0 Å². The zero-order valence-corrected chi connectivity index (χ0v) is 20.3. The van der Waals surface area contributed by atoms with Gasteiger partial charge in [0.1, 0.15) is 17.8 Å². The summed E-state index contributed by atoms with van der Waals surface area (Å²) in [5, 5.41) is 3.43. The highest BCUT2D eigenvalue weighted by Gasteiger charge is 2.58. The van der Waals surface area contributed by atoms with E-state index in [2.05, 4.69) is 54.8 Å². The van der Waals surface area contributed by atoms with Crippen LogP contribution in [0.5, 0.6) is 17.2 Å². The summed E-state index contributed by atoms with van der Waals surface area (Å²) in [6.45, 7) is 3.35. The molecule has 7 rings (SSSR count). The molecule has 3 aromatic carbocycles. The fourth-order valence-electron chi connectivity index (χ4n) is 5.84. The molecule has 176 valence electrons. The van der Waals surface area contributed by atoms with E-state index in [1.165, 1.54) is 15.6 Å². The van der Waals surface area contributed by atoms with Gasteiger partial charge in [-0.3, -0.25) is 4.79 Å². The van der Waals surface area contributed by atoms with E-state index in [-0.39, 0.29) is 19.3 Å². The number of benzene rings is 3. The van der Waals surface area contributed by atoms with E-state index in [0.717, 1.165) is 41.6 Å². The zero-order valence-electron chi connectivity index (χ0n) is 19.5. The number of nitrogens with zero attached hydrogens (tertiary/aromatic N) is 1. The molecule has 1 atom stereocenters. The molecular formula is C29H25NO4S. The fourth-order valence-corrected chi connectivity index (χ4v) is 6.80. The molecule has 0 saturated heterocycles. The van der Waals surface area contributed by atoms with Gasteiger partial charge in [0.2, 0.25) is 12.7 Å². The highest BCUT2D eigenvalue weighted by atomic mass is 32.1. The molecule has 1 spiro atoms. The van der Waals surface area contributed by atoms with Gasteiger partial charge in [0, 0.05) is 45.1 Å². The Labute approximate surface area is 207 Å². The van der Waals surface area contributed by atoms with E-state index in [1.54, 1.807) is 11.3 Å². The molecular weight excluding hydrogens is 458 g/mol. The largest absolute Gasteiger partial charge is 0.491 e. The number of carbonyl (C=O) groups is 1. The number of ether oxygens (including phenoxy) is 3. The number of thiophene rings is 1. The Morgan fingerprint density at radius 1 is 0.943 bits per heavy atom. The molecule has 5 nitrogen and oxygen atoms in total. The molecule has 4 heterocycles. The Kier molecular flexibility index (Phi) is 4.61. The highest BCUT2D eigenvalue weighted by molar-refractivity contribution is 7.17. The molecule has 0 fully saturated rings. The molecule has 0 aliphatic carbocycles. The molecule has 0 N–H and O–H groups in total. The van der Waals surface area contributed by atoms with Crippen molar-refractivity contribution in [1.82, 2.24) is 0 Å². The molecule has 4 aromatic rings. The number of unbranched alkanes of at least 4 members (excludes halogenated alkanes) is 2. The number of hydrogen-bond acceptors (Lipinski definition) is 5. The summed E-state index contributed by atoms with van der Waals surface area (Å²) in [4.78, 5) is 16.4. The van der Waals surface area contributed by atoms with Gasteiger partial charge in [-0.05, 0) is 35.6 Å². The Morgan fingerprint density at radius 3 is 2.69 bits per heavy atom. The second kappa shape index (κ2) is 7.75. The number of carbonyl (C=O) groups excluding carboxylic acids is 1. The number of anilines is 1. The van der Waals surface area contributed by atoms with Gasteiger partial charge in [-0.15, -0.1) is 11.3 Å². The highest BCUT2D eigenvalue weighted by Crippen LogP contribution is 2.58. The SMILES string of the molecule is CCCCCN1C(=O)C2(COc3cc4c(cc32)OCO4)c2c(-c3csc4ccccc34)cccc21. The van der Waals surface area contributed by atoms with Crippen molar-refractivity contribution in [2.24, 2.45) is 0 Å². The Hall–Kier alpha value is -3.51. The first-order chi connectivity index (χ1) is 17.2. The van der Waals surface area contributed by atoms with Crippen LogP contribution < -0.4 is 19.1 Å². The first-order valence-corrected chi connectivity index (χ1v) is 13.1. The minimum Gasteiger partial charge on any atom is -0.491 e. The van der Waals surface area contributed by atoms with Gasteiger partial charge in [-0.1, -0.05) is 50.1 Å². The van der Waals surface area contributed by atoms with E-state index in [1.807, 2.05) is 17.0 Å². The van der Waals surface area contributed by atoms with Crippen LogP contribution in [0, 0.1) is 0 Å². The second-order valence-corrected chi connectivity index (χ2v) is 10.3. The maximum Gasteiger partial charge on any atom is 0.245 e. The molecule has 1 aromatic heterocycles. The minimum absolute atomic E-state index is 0.0909. The number of rotatable bonds is 5. The quantitative estimate of drug-likeness (QED) is 0.304. The summed E-state index contributed by atoms with van der Waals surface area (Å²) in [6, 6.07) is 18.6. The van der Waals surface area contributed by atoms with Crippen molar-refractivity contribution in [2.45, 2.75) is 31.6 Å². The van der Waals surface area contributed by atoms with Crippen LogP contribution in [0.3, 0.4) is 0 Å². The lowest BCUT2D eigenvalue weighted by Gasteiger charge is -2.24. The lowest BCUT2D eigenvalue weighted by atomic mass is 9.74. The van der Waals surface area contributed by atoms with Crippen LogP contribution in [0.2, 0.25) is 0 Å². The van der Waals surface area contributed by atoms with Crippen LogP contribution in [-0.2, 0) is 10.2 Å². The van der Waals surface area contributed by atoms with Gasteiger partial charge in [0.15, 0.2) is 11.5 Å². The lowest BCUT2D eigenvalue weighted by Crippen LogP contribution is -2.43. The van der Waals surface area contributed by atoms with Gasteiger partial charge in [-0.2, -0.15) is 0 Å². The first-order valence-electron chi connectivity index (χ1n) is 12.2. The average molecular weight is 484 g/mol. The van der Waals surface area contributed by atoms with Crippen molar-refractivity contribution < 1.29 is 19.0 Å². The van der Waals surface area contributed by atoms with Gasteiger partial charge < -0.3 is 19.1 Å². The topological polar surface area (TPSA) is 48.0 Å². The minimum atomic E-state index is -0.905. The molecule has 0 bridgehead atoms. The fraction of sp³-hybridized carbons (Fsp3) is 0.276. The molecule has 35 heavy (non-hydrogen) atoms. The summed E-state index contributed by atoms with van der Waals surface area (Å²) in [7, 11) is 0. The summed E-state index contributed by atoms with van der Waals surface area (Å²) >= 11 is 1.74. The Morgan fingerprint density at radius 2 is 1.80 bits per heavy atom. The summed E-state index contributed by atoms with van der Waals surface area (Å²) < 4.78 is 18.8. The molecule has 0 saturated carbocycles. The predicted molar refractivity (Wildman–Crippen MR) is 138 cm³/mol.